The summed E-state index contributed by atoms with van der Waals surface area (Å²) in [4.78, 5) is 12.7. The number of carbonyl (C=O) groups is 1. The SMILES string of the molecule is CCOc1ccc(C(=O)Nc2cc(C)n(Cc3ccc(F)cc3Cl)n2)cc1OCC. The van der Waals surface area contributed by atoms with Gasteiger partial charge in [-0.15, -0.1) is 0 Å². The summed E-state index contributed by atoms with van der Waals surface area (Å²) >= 11 is 6.11. The van der Waals surface area contributed by atoms with Crippen LogP contribution in [-0.2, 0) is 6.54 Å². The number of ether oxygens (including phenoxy) is 2. The van der Waals surface area contributed by atoms with Gasteiger partial charge in [0.25, 0.3) is 5.91 Å². The van der Waals surface area contributed by atoms with E-state index < -0.39 is 5.82 Å². The molecule has 0 unspecified atom stereocenters. The molecule has 8 heteroatoms. The Balaban J connectivity index is 1.76. The smallest absolute Gasteiger partial charge is 0.257 e. The molecule has 1 amide bonds. The van der Waals surface area contributed by atoms with Crippen LogP contribution in [0.2, 0.25) is 5.02 Å². The predicted molar refractivity (Wildman–Crippen MR) is 114 cm³/mol. The second-order valence-electron chi connectivity index (χ2n) is 6.55. The Morgan fingerprint density at radius 1 is 1.10 bits per heavy atom. The minimum Gasteiger partial charge on any atom is -0.490 e. The number of hydrogen-bond acceptors (Lipinski definition) is 4. The Morgan fingerprint density at radius 2 is 1.83 bits per heavy atom. The summed E-state index contributed by atoms with van der Waals surface area (Å²) in [6.07, 6.45) is 0. The molecular weight excluding hydrogens is 409 g/mol. The molecule has 158 valence electrons. The van der Waals surface area contributed by atoms with E-state index in [4.69, 9.17) is 21.1 Å². The number of carbonyl (C=O) groups excluding carboxylic acids is 1. The van der Waals surface area contributed by atoms with Crippen molar-refractivity contribution in [2.45, 2.75) is 27.3 Å². The van der Waals surface area contributed by atoms with Gasteiger partial charge in [0, 0.05) is 22.3 Å². The highest BCUT2D eigenvalue weighted by Gasteiger charge is 2.14. The third kappa shape index (κ3) is 5.10. The molecule has 6 nitrogen and oxygen atoms in total. The summed E-state index contributed by atoms with van der Waals surface area (Å²) in [5.74, 6) is 0.800. The molecule has 0 spiro atoms. The first-order valence-corrected chi connectivity index (χ1v) is 9.98. The number of anilines is 1. The van der Waals surface area contributed by atoms with Crippen molar-refractivity contribution in [3.05, 3.63) is 70.1 Å². The standard InChI is InChI=1S/C22H23ClFN3O3/c1-4-29-19-9-7-15(11-20(19)30-5-2)22(28)25-21-10-14(3)27(26-21)13-16-6-8-17(24)12-18(16)23/h6-12H,4-5,13H2,1-3H3,(H,25,26,28). The molecule has 1 aromatic heterocycles. The van der Waals surface area contributed by atoms with Gasteiger partial charge in [0.05, 0.1) is 19.8 Å². The number of rotatable bonds is 8. The fourth-order valence-corrected chi connectivity index (χ4v) is 3.15. The maximum Gasteiger partial charge on any atom is 0.257 e. The molecule has 0 aliphatic carbocycles. The molecule has 3 aromatic rings. The van der Waals surface area contributed by atoms with E-state index in [1.54, 1.807) is 35.0 Å². The van der Waals surface area contributed by atoms with Crippen LogP contribution in [0.5, 0.6) is 11.5 Å². The number of amides is 1. The van der Waals surface area contributed by atoms with Gasteiger partial charge in [0.15, 0.2) is 17.3 Å². The van der Waals surface area contributed by atoms with Crippen molar-refractivity contribution in [2.24, 2.45) is 0 Å². The lowest BCUT2D eigenvalue weighted by Gasteiger charge is -2.12. The number of halogens is 2. The lowest BCUT2D eigenvalue weighted by atomic mass is 10.2. The average molecular weight is 432 g/mol. The third-order valence-corrected chi connectivity index (χ3v) is 4.72. The van der Waals surface area contributed by atoms with Crippen molar-refractivity contribution in [3.8, 4) is 11.5 Å². The van der Waals surface area contributed by atoms with Crippen molar-refractivity contribution in [3.63, 3.8) is 0 Å². The molecule has 30 heavy (non-hydrogen) atoms. The zero-order chi connectivity index (χ0) is 21.7. The van der Waals surface area contributed by atoms with Crippen molar-refractivity contribution < 1.29 is 18.7 Å². The Kier molecular flexibility index (Phi) is 6.95. The Morgan fingerprint density at radius 3 is 2.53 bits per heavy atom. The summed E-state index contributed by atoms with van der Waals surface area (Å²) in [5.41, 5.74) is 1.98. The number of aryl methyl sites for hydroxylation is 1. The maximum atomic E-state index is 13.2. The predicted octanol–water partition coefficient (Wildman–Crippen LogP) is 5.08. The number of nitrogens with one attached hydrogen (secondary N) is 1. The van der Waals surface area contributed by atoms with E-state index in [0.717, 1.165) is 11.3 Å². The van der Waals surface area contributed by atoms with Crippen molar-refractivity contribution in [2.75, 3.05) is 18.5 Å². The summed E-state index contributed by atoms with van der Waals surface area (Å²) < 4.78 is 26.0. The Labute approximate surface area is 179 Å². The summed E-state index contributed by atoms with van der Waals surface area (Å²) in [7, 11) is 0. The van der Waals surface area contributed by atoms with Crippen LogP contribution in [-0.4, -0.2) is 28.9 Å². The quantitative estimate of drug-likeness (QED) is 0.540. The van der Waals surface area contributed by atoms with E-state index in [1.807, 2.05) is 20.8 Å². The molecule has 0 bridgehead atoms. The third-order valence-electron chi connectivity index (χ3n) is 4.36. The lowest BCUT2D eigenvalue weighted by molar-refractivity contribution is 0.102. The molecule has 0 radical (unpaired) electrons. The van der Waals surface area contributed by atoms with Gasteiger partial charge in [0.1, 0.15) is 5.82 Å². The van der Waals surface area contributed by atoms with Gasteiger partial charge >= 0.3 is 0 Å². The van der Waals surface area contributed by atoms with Crippen molar-refractivity contribution in [1.82, 2.24) is 9.78 Å². The zero-order valence-electron chi connectivity index (χ0n) is 17.0. The fourth-order valence-electron chi connectivity index (χ4n) is 2.92. The van der Waals surface area contributed by atoms with Gasteiger partial charge in [-0.3, -0.25) is 9.48 Å². The number of benzene rings is 2. The molecule has 1 heterocycles. The minimum atomic E-state index is -0.393. The first-order chi connectivity index (χ1) is 14.4. The first-order valence-electron chi connectivity index (χ1n) is 9.60. The highest BCUT2D eigenvalue weighted by atomic mass is 35.5. The van der Waals surface area contributed by atoms with Gasteiger partial charge in [-0.2, -0.15) is 5.10 Å². The largest absolute Gasteiger partial charge is 0.490 e. The van der Waals surface area contributed by atoms with Crippen LogP contribution in [0.15, 0.2) is 42.5 Å². The molecule has 1 N–H and O–H groups in total. The lowest BCUT2D eigenvalue weighted by Crippen LogP contribution is -2.13. The molecule has 2 aromatic carbocycles. The van der Waals surface area contributed by atoms with Crippen molar-refractivity contribution in [1.29, 1.82) is 0 Å². The molecule has 0 saturated carbocycles. The van der Waals surface area contributed by atoms with E-state index in [0.29, 0.717) is 47.7 Å². The second kappa shape index (κ2) is 9.63. The van der Waals surface area contributed by atoms with E-state index in [-0.39, 0.29) is 5.91 Å². The second-order valence-corrected chi connectivity index (χ2v) is 6.95. The van der Waals surface area contributed by atoms with Gasteiger partial charge in [-0.1, -0.05) is 17.7 Å². The number of nitrogens with zero attached hydrogens (tertiary/aromatic N) is 2. The van der Waals surface area contributed by atoms with E-state index in [9.17, 15) is 9.18 Å². The van der Waals surface area contributed by atoms with Gasteiger partial charge in [-0.05, 0) is 56.7 Å². The van der Waals surface area contributed by atoms with Crippen LogP contribution in [0.25, 0.3) is 0 Å². The Bertz CT molecular complexity index is 1050. The number of aromatic nitrogens is 2. The molecule has 0 aliphatic rings. The van der Waals surface area contributed by atoms with E-state index in [1.165, 1.54) is 12.1 Å². The Hall–Kier alpha value is -3.06. The fraction of sp³-hybridized carbons (Fsp3) is 0.273. The monoisotopic (exact) mass is 431 g/mol. The summed E-state index contributed by atoms with van der Waals surface area (Å²) in [6.45, 7) is 6.93. The van der Waals surface area contributed by atoms with Crippen LogP contribution in [0.4, 0.5) is 10.2 Å². The summed E-state index contributed by atoms with van der Waals surface area (Å²) in [5, 5.41) is 7.53. The van der Waals surface area contributed by atoms with Crippen LogP contribution in [0.3, 0.4) is 0 Å². The normalized spacial score (nSPS) is 10.7. The first kappa shape index (κ1) is 21.6. The van der Waals surface area contributed by atoms with Gasteiger partial charge in [0.2, 0.25) is 0 Å². The molecule has 0 fully saturated rings. The molecule has 0 atom stereocenters. The van der Waals surface area contributed by atoms with Crippen LogP contribution in [0.1, 0.15) is 35.5 Å². The topological polar surface area (TPSA) is 65.4 Å². The minimum absolute atomic E-state index is 0.316. The van der Waals surface area contributed by atoms with E-state index >= 15 is 0 Å². The molecule has 0 saturated heterocycles. The van der Waals surface area contributed by atoms with E-state index in [2.05, 4.69) is 10.4 Å². The average Bonchev–Trinajstić information content (AvgIpc) is 3.04. The van der Waals surface area contributed by atoms with Crippen LogP contribution < -0.4 is 14.8 Å². The maximum absolute atomic E-state index is 13.2. The van der Waals surface area contributed by atoms with Gasteiger partial charge < -0.3 is 14.8 Å². The molecular formula is C22H23ClFN3O3. The zero-order valence-corrected chi connectivity index (χ0v) is 17.8. The number of hydrogen-bond donors (Lipinski definition) is 1. The highest BCUT2D eigenvalue weighted by Crippen LogP contribution is 2.29. The molecule has 3 rings (SSSR count). The van der Waals surface area contributed by atoms with Gasteiger partial charge in [-0.25, -0.2) is 4.39 Å². The van der Waals surface area contributed by atoms with Crippen molar-refractivity contribution >= 4 is 23.3 Å². The van der Waals surface area contributed by atoms with Crippen LogP contribution in [0, 0.1) is 12.7 Å². The van der Waals surface area contributed by atoms with Crippen LogP contribution >= 0.6 is 11.6 Å². The highest BCUT2D eigenvalue weighted by molar-refractivity contribution is 6.31. The summed E-state index contributed by atoms with van der Waals surface area (Å²) in [6, 6.07) is 11.0. The molecule has 0 aliphatic heterocycles.